The summed E-state index contributed by atoms with van der Waals surface area (Å²) in [6.45, 7) is 14.1. The van der Waals surface area contributed by atoms with Gasteiger partial charge in [0, 0.05) is 23.7 Å². The molecule has 4 aliphatic rings. The molecule has 1 amide bonds. The van der Waals surface area contributed by atoms with Crippen LogP contribution in [0.3, 0.4) is 0 Å². The van der Waals surface area contributed by atoms with E-state index in [2.05, 4.69) is 20.8 Å². The van der Waals surface area contributed by atoms with Crippen LogP contribution in [0.1, 0.15) is 54.9 Å². The van der Waals surface area contributed by atoms with Crippen molar-refractivity contribution in [3.63, 3.8) is 0 Å². The second kappa shape index (κ2) is 9.16. The number of carbonyl (C=O) groups is 2. The van der Waals surface area contributed by atoms with Crippen LogP contribution in [-0.4, -0.2) is 54.2 Å². The second-order valence-electron chi connectivity index (χ2n) is 13.0. The quantitative estimate of drug-likeness (QED) is 0.453. The van der Waals surface area contributed by atoms with Crippen LogP contribution >= 0.6 is 11.6 Å². The van der Waals surface area contributed by atoms with Gasteiger partial charge in [-0.25, -0.2) is 4.79 Å². The van der Waals surface area contributed by atoms with Crippen molar-refractivity contribution in [2.45, 2.75) is 78.5 Å². The lowest BCUT2D eigenvalue weighted by atomic mass is 9.59. The average molecular weight is 558 g/mol. The maximum atomic E-state index is 14.8. The number of Topliss-reactive ketones (excluding diaryl/α,β-unsaturated/α-hetero) is 1. The molecule has 1 spiro atoms. The molecule has 1 heterocycles. The van der Waals surface area contributed by atoms with Gasteiger partial charge in [-0.3, -0.25) is 9.69 Å². The molecule has 1 aliphatic heterocycles. The molecule has 1 saturated carbocycles. The summed E-state index contributed by atoms with van der Waals surface area (Å²) in [5.41, 5.74) is -1.62. The SMILES string of the molecule is CC1=C[C@]23C(=O)[C@@H](C=C4COC(C)(C)O[C@H]4[C@]2(O)[C@H]1OC(=O)N(C)c1ccc(Cl)cc1)C(C)(C)[C@@H](C)C[C@H]3C. The number of carbonyl (C=O) groups excluding carboxylic acids is 2. The number of hydrogen-bond donors (Lipinski definition) is 1. The minimum atomic E-state index is -1.87. The molecule has 8 heteroatoms. The van der Waals surface area contributed by atoms with Crippen molar-refractivity contribution in [3.8, 4) is 0 Å². The number of hydrogen-bond acceptors (Lipinski definition) is 6. The van der Waals surface area contributed by atoms with E-state index < -0.39 is 41.0 Å². The summed E-state index contributed by atoms with van der Waals surface area (Å²) in [6.07, 6.45) is 1.90. The van der Waals surface area contributed by atoms with E-state index in [1.54, 1.807) is 45.2 Å². The molecule has 5 rings (SSSR count). The van der Waals surface area contributed by atoms with Crippen LogP contribution in [0.15, 0.2) is 47.6 Å². The van der Waals surface area contributed by atoms with E-state index in [-0.39, 0.29) is 29.6 Å². The van der Waals surface area contributed by atoms with Crippen LogP contribution in [0.4, 0.5) is 10.5 Å². The third kappa shape index (κ3) is 4.03. The minimum Gasteiger partial charge on any atom is -0.438 e. The molecular formula is C31H40ClNO6. The van der Waals surface area contributed by atoms with E-state index in [1.807, 2.05) is 26.0 Å². The number of nitrogens with zero attached hydrogens (tertiary/aromatic N) is 1. The van der Waals surface area contributed by atoms with E-state index >= 15 is 0 Å². The molecular weight excluding hydrogens is 518 g/mol. The number of ketones is 1. The Balaban J connectivity index is 1.66. The summed E-state index contributed by atoms with van der Waals surface area (Å²) >= 11 is 6.03. The van der Waals surface area contributed by atoms with Crippen molar-refractivity contribution in [1.82, 2.24) is 0 Å². The first kappa shape index (κ1) is 28.3. The largest absolute Gasteiger partial charge is 0.438 e. The van der Waals surface area contributed by atoms with Crippen LogP contribution in [0.25, 0.3) is 0 Å². The number of rotatable bonds is 2. The Morgan fingerprint density at radius 3 is 2.41 bits per heavy atom. The van der Waals surface area contributed by atoms with Crippen LogP contribution in [-0.2, 0) is 19.0 Å². The first-order chi connectivity index (χ1) is 18.1. The minimum absolute atomic E-state index is 0.0564. The monoisotopic (exact) mass is 557 g/mol. The molecule has 2 bridgehead atoms. The molecule has 2 fully saturated rings. The Morgan fingerprint density at radius 2 is 1.77 bits per heavy atom. The molecule has 1 saturated heterocycles. The van der Waals surface area contributed by atoms with Gasteiger partial charge in [-0.05, 0) is 79.9 Å². The summed E-state index contributed by atoms with van der Waals surface area (Å²) in [5, 5.41) is 13.7. The van der Waals surface area contributed by atoms with Gasteiger partial charge in [-0.15, -0.1) is 0 Å². The molecule has 1 N–H and O–H groups in total. The number of halogens is 1. The fourth-order valence-electron chi connectivity index (χ4n) is 7.31. The van der Waals surface area contributed by atoms with Crippen LogP contribution < -0.4 is 4.90 Å². The van der Waals surface area contributed by atoms with Crippen LogP contribution in [0.5, 0.6) is 0 Å². The zero-order chi connectivity index (χ0) is 28.7. The summed E-state index contributed by atoms with van der Waals surface area (Å²) in [5.74, 6) is -1.56. The number of allylic oxidation sites excluding steroid dienone is 1. The van der Waals surface area contributed by atoms with E-state index in [0.29, 0.717) is 21.9 Å². The molecule has 1 aromatic rings. The van der Waals surface area contributed by atoms with Crippen molar-refractivity contribution in [3.05, 3.63) is 52.6 Å². The van der Waals surface area contributed by atoms with Gasteiger partial charge in [-0.1, -0.05) is 51.4 Å². The Hall–Kier alpha value is -2.19. The van der Waals surface area contributed by atoms with Gasteiger partial charge >= 0.3 is 6.09 Å². The Morgan fingerprint density at radius 1 is 1.13 bits per heavy atom. The molecule has 39 heavy (non-hydrogen) atoms. The normalized spacial score (nSPS) is 38.4. The topological polar surface area (TPSA) is 85.3 Å². The van der Waals surface area contributed by atoms with Crippen molar-refractivity contribution >= 4 is 29.2 Å². The van der Waals surface area contributed by atoms with Crippen molar-refractivity contribution in [2.24, 2.45) is 28.6 Å². The number of benzene rings is 1. The predicted octanol–water partition coefficient (Wildman–Crippen LogP) is 5.94. The van der Waals surface area contributed by atoms with Gasteiger partial charge < -0.3 is 19.3 Å². The fourth-order valence-corrected chi connectivity index (χ4v) is 7.44. The number of aliphatic hydroxyl groups is 1. The average Bonchev–Trinajstić information content (AvgIpc) is 3.02. The number of amides is 1. The standard InChI is InChI=1S/C31H40ClNO6/c1-17-15-30-19(3)13-18(2)28(4,5)23(24(30)34)14-20-16-37-29(6,7)39-26(20)31(30,36)25(17)38-27(35)33(8)22-11-9-21(32)10-12-22/h9-12,14-15,18-19,23,25-26,36H,13,16H2,1-8H3/t18-,19+,23+,25-,26+,30-,31+/m0/s1. The van der Waals surface area contributed by atoms with Crippen molar-refractivity contribution in [1.29, 1.82) is 0 Å². The highest BCUT2D eigenvalue weighted by Crippen LogP contribution is 2.63. The van der Waals surface area contributed by atoms with E-state index in [9.17, 15) is 14.7 Å². The second-order valence-corrected chi connectivity index (χ2v) is 13.4. The summed E-state index contributed by atoms with van der Waals surface area (Å²) in [7, 11) is 1.60. The Kier molecular flexibility index (Phi) is 6.66. The first-order valence-corrected chi connectivity index (χ1v) is 14.1. The van der Waals surface area contributed by atoms with Crippen molar-refractivity contribution < 1.29 is 28.9 Å². The van der Waals surface area contributed by atoms with Crippen molar-refractivity contribution in [2.75, 3.05) is 18.6 Å². The van der Waals surface area contributed by atoms with Crippen LogP contribution in [0.2, 0.25) is 5.02 Å². The lowest BCUT2D eigenvalue weighted by Crippen LogP contribution is -2.68. The van der Waals surface area contributed by atoms with E-state index in [0.717, 1.165) is 6.42 Å². The van der Waals surface area contributed by atoms with Gasteiger partial charge in [0.05, 0.1) is 12.0 Å². The zero-order valence-electron chi connectivity index (χ0n) is 24.1. The highest BCUT2D eigenvalue weighted by molar-refractivity contribution is 6.30. The number of ether oxygens (including phenoxy) is 3. The van der Waals surface area contributed by atoms with Gasteiger partial charge in [0.2, 0.25) is 0 Å². The maximum absolute atomic E-state index is 14.8. The number of fused-ring (bicyclic) bond motifs is 3. The molecule has 7 atom stereocenters. The van der Waals surface area contributed by atoms with Gasteiger partial charge in [-0.2, -0.15) is 0 Å². The van der Waals surface area contributed by atoms with Crippen LogP contribution in [0, 0.1) is 28.6 Å². The van der Waals surface area contributed by atoms with Gasteiger partial charge in [0.15, 0.2) is 23.3 Å². The molecule has 0 radical (unpaired) electrons. The molecule has 7 nitrogen and oxygen atoms in total. The fraction of sp³-hybridized carbons (Fsp3) is 0.613. The smallest absolute Gasteiger partial charge is 0.414 e. The third-order valence-electron chi connectivity index (χ3n) is 9.99. The Bertz CT molecular complexity index is 1250. The van der Waals surface area contributed by atoms with E-state index in [1.165, 1.54) is 4.90 Å². The highest BCUT2D eigenvalue weighted by atomic mass is 35.5. The highest BCUT2D eigenvalue weighted by Gasteiger charge is 2.74. The zero-order valence-corrected chi connectivity index (χ0v) is 24.8. The summed E-state index contributed by atoms with van der Waals surface area (Å²) in [6, 6.07) is 6.83. The number of anilines is 1. The molecule has 1 aromatic carbocycles. The Labute approximate surface area is 236 Å². The van der Waals surface area contributed by atoms with Gasteiger partial charge in [0.25, 0.3) is 0 Å². The molecule has 3 aliphatic carbocycles. The lowest BCUT2D eigenvalue weighted by molar-refractivity contribution is -0.302. The van der Waals surface area contributed by atoms with Gasteiger partial charge in [0.1, 0.15) is 6.10 Å². The summed E-state index contributed by atoms with van der Waals surface area (Å²) < 4.78 is 18.6. The summed E-state index contributed by atoms with van der Waals surface area (Å²) in [4.78, 5) is 29.7. The maximum Gasteiger partial charge on any atom is 0.414 e. The predicted molar refractivity (Wildman–Crippen MR) is 149 cm³/mol. The molecule has 0 aromatic heterocycles. The first-order valence-electron chi connectivity index (χ1n) is 13.7. The van der Waals surface area contributed by atoms with E-state index in [4.69, 9.17) is 25.8 Å². The molecule has 0 unspecified atom stereocenters. The molecule has 212 valence electrons. The third-order valence-corrected chi connectivity index (χ3v) is 10.2. The lowest BCUT2D eigenvalue weighted by Gasteiger charge is -2.52.